The van der Waals surface area contributed by atoms with E-state index in [9.17, 15) is 17.6 Å². The second-order valence-corrected chi connectivity index (χ2v) is 5.45. The molecule has 3 rings (SSSR count). The fraction of sp³-hybridized carbons (Fsp3) is 0. The zero-order valence-electron chi connectivity index (χ0n) is 10.2. The molecule has 3 nitrogen and oxygen atoms in total. The van der Waals surface area contributed by atoms with Crippen LogP contribution in [0, 0.1) is 26.8 Å². The number of benzene rings is 2. The van der Waals surface area contributed by atoms with Gasteiger partial charge in [-0.3, -0.25) is 4.57 Å². The maximum Gasteiger partial charge on any atom is 0.205 e. The molecule has 0 saturated heterocycles. The Bertz CT molecular complexity index is 852. The average molecular weight is 407 g/mol. The molecule has 0 aliphatic rings. The van der Waals surface area contributed by atoms with Crippen molar-refractivity contribution in [3.63, 3.8) is 0 Å². The van der Waals surface area contributed by atoms with E-state index in [-0.39, 0.29) is 17.2 Å². The van der Waals surface area contributed by atoms with Crippen LogP contribution in [0.25, 0.3) is 16.7 Å². The van der Waals surface area contributed by atoms with E-state index in [0.29, 0.717) is 9.09 Å². The largest absolute Gasteiger partial charge is 0.369 e. The molecular formula is C13H6F4IN3. The van der Waals surface area contributed by atoms with Crippen LogP contribution in [0.5, 0.6) is 0 Å². The molecular weight excluding hydrogens is 401 g/mol. The summed E-state index contributed by atoms with van der Waals surface area (Å²) in [6.45, 7) is 0. The maximum atomic E-state index is 13.7. The lowest BCUT2D eigenvalue weighted by atomic mass is 10.2. The first-order chi connectivity index (χ1) is 9.88. The van der Waals surface area contributed by atoms with Gasteiger partial charge in [0.15, 0.2) is 17.5 Å². The summed E-state index contributed by atoms with van der Waals surface area (Å²) < 4.78 is 54.9. The fourth-order valence-electron chi connectivity index (χ4n) is 2.03. The molecule has 0 spiro atoms. The van der Waals surface area contributed by atoms with Gasteiger partial charge in [0.1, 0.15) is 5.82 Å². The second-order valence-electron chi connectivity index (χ2n) is 4.28. The number of fused-ring (bicyclic) bond motifs is 1. The highest BCUT2D eigenvalue weighted by molar-refractivity contribution is 14.1. The quantitative estimate of drug-likeness (QED) is 0.379. The van der Waals surface area contributed by atoms with Gasteiger partial charge in [0.05, 0.1) is 20.3 Å². The van der Waals surface area contributed by atoms with Gasteiger partial charge in [-0.2, -0.15) is 0 Å². The molecule has 0 aliphatic carbocycles. The van der Waals surface area contributed by atoms with Gasteiger partial charge in [0.2, 0.25) is 5.95 Å². The minimum atomic E-state index is -1.58. The number of imidazole rings is 1. The Kier molecular flexibility index (Phi) is 3.27. The molecule has 0 atom stereocenters. The number of anilines is 1. The number of aromatic nitrogens is 2. The van der Waals surface area contributed by atoms with Crippen LogP contribution in [-0.4, -0.2) is 9.55 Å². The van der Waals surface area contributed by atoms with Gasteiger partial charge in [-0.05, 0) is 28.7 Å². The topological polar surface area (TPSA) is 43.8 Å². The van der Waals surface area contributed by atoms with Gasteiger partial charge in [-0.1, -0.05) is 0 Å². The first kappa shape index (κ1) is 14.1. The fourth-order valence-corrected chi connectivity index (χ4v) is 2.48. The third kappa shape index (κ3) is 2.23. The van der Waals surface area contributed by atoms with Crippen molar-refractivity contribution in [1.29, 1.82) is 0 Å². The second kappa shape index (κ2) is 4.86. The summed E-state index contributed by atoms with van der Waals surface area (Å²) in [5.41, 5.74) is 6.23. The number of hydrogen-bond acceptors (Lipinski definition) is 2. The molecule has 8 heteroatoms. The van der Waals surface area contributed by atoms with E-state index in [0.717, 1.165) is 22.8 Å². The first-order valence-corrected chi connectivity index (χ1v) is 6.74. The molecule has 0 saturated carbocycles. The Morgan fingerprint density at radius 3 is 2.19 bits per heavy atom. The summed E-state index contributed by atoms with van der Waals surface area (Å²) >= 11 is 1.79. The van der Waals surface area contributed by atoms with Crippen LogP contribution in [0.3, 0.4) is 0 Å². The van der Waals surface area contributed by atoms with Crippen LogP contribution in [0.2, 0.25) is 0 Å². The van der Waals surface area contributed by atoms with Crippen molar-refractivity contribution < 1.29 is 17.6 Å². The standard InChI is InChI=1S/C13H6F4IN3/c14-6-3-11-10(4-9(6)18)20-13(19)21(11)5-1-7(15)12(17)8(16)2-5/h1-4H,(H2,19,20). The minimum absolute atomic E-state index is 0.0768. The first-order valence-electron chi connectivity index (χ1n) is 5.66. The van der Waals surface area contributed by atoms with E-state index < -0.39 is 23.3 Å². The zero-order valence-corrected chi connectivity index (χ0v) is 12.3. The molecule has 0 aliphatic heterocycles. The minimum Gasteiger partial charge on any atom is -0.369 e. The van der Waals surface area contributed by atoms with Gasteiger partial charge in [-0.25, -0.2) is 22.5 Å². The van der Waals surface area contributed by atoms with Gasteiger partial charge < -0.3 is 5.73 Å². The van der Waals surface area contributed by atoms with Crippen molar-refractivity contribution in [2.24, 2.45) is 0 Å². The molecule has 0 bridgehead atoms. The Morgan fingerprint density at radius 2 is 1.57 bits per heavy atom. The van der Waals surface area contributed by atoms with Crippen LogP contribution in [0.4, 0.5) is 23.5 Å². The van der Waals surface area contributed by atoms with Crippen molar-refractivity contribution >= 4 is 39.6 Å². The smallest absolute Gasteiger partial charge is 0.205 e. The Balaban J connectivity index is 2.34. The maximum absolute atomic E-state index is 13.7. The van der Waals surface area contributed by atoms with E-state index in [1.807, 2.05) is 0 Å². The lowest BCUT2D eigenvalue weighted by molar-refractivity contribution is 0.446. The predicted molar refractivity (Wildman–Crippen MR) is 78.0 cm³/mol. The van der Waals surface area contributed by atoms with Gasteiger partial charge in [0, 0.05) is 18.2 Å². The lowest BCUT2D eigenvalue weighted by Gasteiger charge is -2.08. The van der Waals surface area contributed by atoms with Crippen molar-refractivity contribution in [3.8, 4) is 5.69 Å². The van der Waals surface area contributed by atoms with Crippen LogP contribution in [0.1, 0.15) is 0 Å². The third-order valence-corrected chi connectivity index (χ3v) is 3.78. The number of rotatable bonds is 1. The van der Waals surface area contributed by atoms with Gasteiger partial charge in [0.25, 0.3) is 0 Å². The summed E-state index contributed by atoms with van der Waals surface area (Å²) in [6.07, 6.45) is 0. The zero-order chi connectivity index (χ0) is 15.3. The van der Waals surface area contributed by atoms with Gasteiger partial charge in [-0.15, -0.1) is 0 Å². The van der Waals surface area contributed by atoms with E-state index in [1.54, 1.807) is 22.6 Å². The molecule has 0 unspecified atom stereocenters. The predicted octanol–water partition coefficient (Wildman–Crippen LogP) is 3.77. The Morgan fingerprint density at radius 1 is 0.952 bits per heavy atom. The molecule has 1 aromatic heterocycles. The van der Waals surface area contributed by atoms with Crippen molar-refractivity contribution in [1.82, 2.24) is 9.55 Å². The molecule has 108 valence electrons. The molecule has 2 aromatic carbocycles. The summed E-state index contributed by atoms with van der Waals surface area (Å²) in [6, 6.07) is 4.14. The highest BCUT2D eigenvalue weighted by Gasteiger charge is 2.17. The molecule has 0 radical (unpaired) electrons. The average Bonchev–Trinajstić information content (AvgIpc) is 2.71. The molecule has 2 N–H and O–H groups in total. The lowest BCUT2D eigenvalue weighted by Crippen LogP contribution is -2.03. The summed E-state index contributed by atoms with van der Waals surface area (Å²) in [7, 11) is 0. The molecule has 3 aromatic rings. The van der Waals surface area contributed by atoms with Crippen molar-refractivity contribution in [3.05, 3.63) is 51.1 Å². The highest BCUT2D eigenvalue weighted by Crippen LogP contribution is 2.27. The summed E-state index contributed by atoms with van der Waals surface area (Å²) in [4.78, 5) is 4.00. The highest BCUT2D eigenvalue weighted by atomic mass is 127. The number of nitrogens with zero attached hydrogens (tertiary/aromatic N) is 2. The molecule has 0 fully saturated rings. The summed E-state index contributed by atoms with van der Waals surface area (Å²) in [5.74, 6) is -4.92. The third-order valence-electron chi connectivity index (χ3n) is 2.95. The van der Waals surface area contributed by atoms with Gasteiger partial charge >= 0.3 is 0 Å². The van der Waals surface area contributed by atoms with Crippen LogP contribution in [-0.2, 0) is 0 Å². The van der Waals surface area contributed by atoms with E-state index in [1.165, 1.54) is 6.07 Å². The van der Waals surface area contributed by atoms with Crippen LogP contribution >= 0.6 is 22.6 Å². The van der Waals surface area contributed by atoms with Crippen molar-refractivity contribution in [2.45, 2.75) is 0 Å². The molecule has 21 heavy (non-hydrogen) atoms. The molecule has 1 heterocycles. The Hall–Kier alpha value is -1.84. The number of nitrogen functional groups attached to an aromatic ring is 1. The monoisotopic (exact) mass is 407 g/mol. The number of hydrogen-bond donors (Lipinski definition) is 1. The number of nitrogens with two attached hydrogens (primary N) is 1. The van der Waals surface area contributed by atoms with E-state index in [4.69, 9.17) is 5.73 Å². The normalized spacial score (nSPS) is 11.3. The van der Waals surface area contributed by atoms with Crippen LogP contribution in [0.15, 0.2) is 24.3 Å². The van der Waals surface area contributed by atoms with Crippen molar-refractivity contribution in [2.75, 3.05) is 5.73 Å². The Labute approximate surface area is 129 Å². The van der Waals surface area contributed by atoms with E-state index >= 15 is 0 Å². The summed E-state index contributed by atoms with van der Waals surface area (Å²) in [5, 5.41) is 0. The van der Waals surface area contributed by atoms with Crippen LogP contribution < -0.4 is 5.73 Å². The molecule has 0 amide bonds. The van der Waals surface area contributed by atoms with E-state index in [2.05, 4.69) is 4.98 Å². The number of halogens is 5. The SMILES string of the molecule is Nc1nc2cc(I)c(F)cc2n1-c1cc(F)c(F)c(F)c1.